The lowest BCUT2D eigenvalue weighted by Crippen LogP contribution is -2.16. The van der Waals surface area contributed by atoms with Crippen LogP contribution < -0.4 is 10.1 Å². The maximum atomic E-state index is 12.7. The molecule has 7 nitrogen and oxygen atoms in total. The van der Waals surface area contributed by atoms with Crippen LogP contribution in [0.25, 0.3) is 29.6 Å². The zero-order valence-corrected chi connectivity index (χ0v) is 24.0. The lowest BCUT2D eigenvalue weighted by Gasteiger charge is -2.14. The van der Waals surface area contributed by atoms with Crippen LogP contribution in [-0.4, -0.2) is 28.1 Å². The third kappa shape index (κ3) is 5.98. The van der Waals surface area contributed by atoms with Crippen LogP contribution in [0.2, 0.25) is 0 Å². The summed E-state index contributed by atoms with van der Waals surface area (Å²) >= 11 is 4.62. The number of carboxylic acid groups (broad SMARTS) is 1. The molecule has 10 heteroatoms. The van der Waals surface area contributed by atoms with Crippen molar-refractivity contribution < 1.29 is 24.2 Å². The van der Waals surface area contributed by atoms with Gasteiger partial charge in [-0.15, -0.1) is 22.7 Å². The molecule has 39 heavy (non-hydrogen) atoms. The number of carbonyl (C=O) groups is 2. The van der Waals surface area contributed by atoms with Crippen molar-refractivity contribution >= 4 is 61.4 Å². The second-order valence-corrected chi connectivity index (χ2v) is 11.8. The molecule has 0 fully saturated rings. The Morgan fingerprint density at radius 1 is 1.03 bits per heavy atom. The number of aliphatic carboxylic acids is 1. The van der Waals surface area contributed by atoms with Gasteiger partial charge in [0.1, 0.15) is 11.9 Å². The molecule has 3 heterocycles. The molecule has 5 aromatic rings. The summed E-state index contributed by atoms with van der Waals surface area (Å²) in [7, 11) is 0. The van der Waals surface area contributed by atoms with Gasteiger partial charge in [-0.05, 0) is 67.7 Å². The number of carbonyl (C=O) groups excluding carboxylic acids is 1. The van der Waals surface area contributed by atoms with E-state index < -0.39 is 12.1 Å². The molecule has 2 aromatic carbocycles. The molecule has 200 valence electrons. The van der Waals surface area contributed by atoms with Crippen molar-refractivity contribution in [1.82, 2.24) is 4.37 Å². The number of amides is 1. The Kier molecular flexibility index (Phi) is 7.97. The molecule has 1 atom stereocenters. The predicted molar refractivity (Wildman–Crippen MR) is 158 cm³/mol. The largest absolute Gasteiger partial charge is 0.493 e. The molecule has 0 unspecified atom stereocenters. The number of hydrogen-bond acceptors (Lipinski definition) is 8. The van der Waals surface area contributed by atoms with E-state index in [1.807, 2.05) is 69.3 Å². The monoisotopic (exact) mass is 578 g/mol. The zero-order valence-electron chi connectivity index (χ0n) is 21.5. The van der Waals surface area contributed by atoms with Crippen LogP contribution in [0.4, 0.5) is 10.5 Å². The van der Waals surface area contributed by atoms with Crippen LogP contribution in [0, 0.1) is 6.92 Å². The number of carboxylic acids is 1. The summed E-state index contributed by atoms with van der Waals surface area (Å²) in [5, 5.41) is 12.1. The van der Waals surface area contributed by atoms with E-state index in [4.69, 9.17) is 14.6 Å². The number of thiophene rings is 2. The molecular weight excluding hydrogens is 553 g/mol. The summed E-state index contributed by atoms with van der Waals surface area (Å²) in [6.45, 7) is 6.11. The molecule has 1 amide bonds. The maximum Gasteiger partial charge on any atom is 0.412 e. The van der Waals surface area contributed by atoms with Gasteiger partial charge in [0.25, 0.3) is 0 Å². The third-order valence-corrected chi connectivity index (χ3v) is 9.49. The Hall–Kier alpha value is -3.73. The van der Waals surface area contributed by atoms with Gasteiger partial charge in [-0.25, -0.2) is 4.79 Å². The van der Waals surface area contributed by atoms with Crippen molar-refractivity contribution in [3.8, 4) is 25.9 Å². The van der Waals surface area contributed by atoms with Gasteiger partial charge in [0.2, 0.25) is 0 Å². The first-order valence-corrected chi connectivity index (χ1v) is 14.7. The van der Waals surface area contributed by atoms with Crippen molar-refractivity contribution in [1.29, 1.82) is 0 Å². The van der Waals surface area contributed by atoms with Crippen molar-refractivity contribution in [3.63, 3.8) is 0 Å². The second kappa shape index (κ2) is 11.6. The Balaban J connectivity index is 1.38. The number of rotatable bonds is 9. The van der Waals surface area contributed by atoms with E-state index in [1.54, 1.807) is 22.7 Å². The van der Waals surface area contributed by atoms with Crippen LogP contribution >= 0.6 is 34.2 Å². The topological polar surface area (TPSA) is 97.8 Å². The standard InChI is InChI=1S/C29H26N2O5S3/c1-4-35-21-12-18(13-26(32)33)10-11-20(21)22-14-23-24(37-22)15-25(38-23)28-27(16(2)31-39-28)30-29(34)36-17(3)19-8-6-5-7-9-19/h5-12,14-15,17H,4,13H2,1-3H3,(H,30,34)(H,32,33)/t17-/m1/s1. The van der Waals surface area contributed by atoms with E-state index in [1.165, 1.54) is 11.5 Å². The zero-order chi connectivity index (χ0) is 27.5. The van der Waals surface area contributed by atoms with Gasteiger partial charge in [-0.1, -0.05) is 36.4 Å². The Morgan fingerprint density at radius 2 is 1.74 bits per heavy atom. The van der Waals surface area contributed by atoms with Gasteiger partial charge in [0.05, 0.1) is 34.2 Å². The normalized spacial score (nSPS) is 11.9. The summed E-state index contributed by atoms with van der Waals surface area (Å²) in [5.41, 5.74) is 3.96. The number of ether oxygens (including phenoxy) is 2. The molecule has 0 saturated carbocycles. The molecule has 0 saturated heterocycles. The van der Waals surface area contributed by atoms with Gasteiger partial charge in [-0.3, -0.25) is 10.1 Å². The minimum atomic E-state index is -0.875. The van der Waals surface area contributed by atoms with E-state index in [0.29, 0.717) is 23.6 Å². The summed E-state index contributed by atoms with van der Waals surface area (Å²) < 4.78 is 18.2. The summed E-state index contributed by atoms with van der Waals surface area (Å²) in [4.78, 5) is 26.8. The molecule has 3 aromatic heterocycles. The molecule has 0 aliphatic carbocycles. The van der Waals surface area contributed by atoms with Crippen LogP contribution in [0.3, 0.4) is 0 Å². The summed E-state index contributed by atoms with van der Waals surface area (Å²) in [6, 6.07) is 19.4. The van der Waals surface area contributed by atoms with Gasteiger partial charge < -0.3 is 14.6 Å². The quantitative estimate of drug-likeness (QED) is 0.182. The molecule has 0 spiro atoms. The van der Waals surface area contributed by atoms with Crippen molar-refractivity contribution in [2.24, 2.45) is 0 Å². The Labute approximate surface area is 237 Å². The lowest BCUT2D eigenvalue weighted by molar-refractivity contribution is -0.136. The highest BCUT2D eigenvalue weighted by Crippen LogP contribution is 2.46. The molecule has 0 bridgehead atoms. The lowest BCUT2D eigenvalue weighted by atomic mass is 10.1. The average Bonchev–Trinajstić information content (AvgIpc) is 3.58. The maximum absolute atomic E-state index is 12.7. The molecular formula is C29H26N2O5S3. The van der Waals surface area contributed by atoms with Gasteiger partial charge in [0, 0.05) is 19.8 Å². The smallest absolute Gasteiger partial charge is 0.412 e. The number of hydrogen-bond donors (Lipinski definition) is 2. The van der Waals surface area contributed by atoms with E-state index in [9.17, 15) is 9.59 Å². The van der Waals surface area contributed by atoms with E-state index in [0.717, 1.165) is 40.9 Å². The highest BCUT2D eigenvalue weighted by Gasteiger charge is 2.21. The van der Waals surface area contributed by atoms with E-state index in [2.05, 4.69) is 21.8 Å². The Morgan fingerprint density at radius 3 is 2.46 bits per heavy atom. The number of aromatic nitrogens is 1. The fraction of sp³-hybridized carbons (Fsp3) is 0.207. The van der Waals surface area contributed by atoms with Crippen molar-refractivity contribution in [2.75, 3.05) is 11.9 Å². The first-order chi connectivity index (χ1) is 18.8. The number of benzene rings is 2. The number of aryl methyl sites for hydroxylation is 1. The second-order valence-electron chi connectivity index (χ2n) is 8.84. The molecule has 0 aliphatic heterocycles. The summed E-state index contributed by atoms with van der Waals surface area (Å²) in [6.07, 6.45) is -0.953. The Bertz CT molecular complexity index is 1610. The molecule has 2 N–H and O–H groups in total. The number of anilines is 1. The number of nitrogens with one attached hydrogen (secondary N) is 1. The van der Waals surface area contributed by atoms with Crippen LogP contribution in [0.1, 0.15) is 36.8 Å². The summed E-state index contributed by atoms with van der Waals surface area (Å²) in [5.74, 6) is -0.196. The predicted octanol–water partition coefficient (Wildman–Crippen LogP) is 8.40. The minimum absolute atomic E-state index is 0.0490. The van der Waals surface area contributed by atoms with E-state index in [-0.39, 0.29) is 12.5 Å². The fourth-order valence-corrected chi connectivity index (χ4v) is 7.55. The SMILES string of the molecule is CCOc1cc(CC(=O)O)ccc1-c1cc2sc(-c3snc(C)c3NC(=O)O[C@H](C)c3ccccc3)cc2s1. The van der Waals surface area contributed by atoms with Gasteiger partial charge >= 0.3 is 12.1 Å². The third-order valence-electron chi connectivity index (χ3n) is 6.04. The van der Waals surface area contributed by atoms with Gasteiger partial charge in [0.15, 0.2) is 0 Å². The van der Waals surface area contributed by atoms with Crippen molar-refractivity contribution in [2.45, 2.75) is 33.3 Å². The highest BCUT2D eigenvalue weighted by atomic mass is 32.1. The molecule has 0 radical (unpaired) electrons. The van der Waals surface area contributed by atoms with Crippen molar-refractivity contribution in [3.05, 3.63) is 77.5 Å². The minimum Gasteiger partial charge on any atom is -0.493 e. The van der Waals surface area contributed by atoms with E-state index >= 15 is 0 Å². The van der Waals surface area contributed by atoms with Crippen LogP contribution in [0.5, 0.6) is 5.75 Å². The average molecular weight is 579 g/mol. The highest BCUT2D eigenvalue weighted by molar-refractivity contribution is 7.32. The molecule has 5 rings (SSSR count). The number of nitrogens with zero attached hydrogens (tertiary/aromatic N) is 1. The number of fused-ring (bicyclic) bond motifs is 1. The van der Waals surface area contributed by atoms with Crippen LogP contribution in [0.15, 0.2) is 60.7 Å². The fourth-order valence-electron chi connectivity index (χ4n) is 4.18. The first kappa shape index (κ1) is 26.9. The van der Waals surface area contributed by atoms with Crippen LogP contribution in [-0.2, 0) is 16.0 Å². The van der Waals surface area contributed by atoms with Gasteiger partial charge in [-0.2, -0.15) is 4.37 Å². The molecule has 0 aliphatic rings. The first-order valence-electron chi connectivity index (χ1n) is 12.3.